The number of benzene rings is 1. The molecule has 1 saturated carbocycles. The average molecular weight is 285 g/mol. The maximum atomic E-state index is 11.5. The van der Waals surface area contributed by atoms with Crippen LogP contribution in [0.25, 0.3) is 0 Å². The Bertz CT molecular complexity index is 558. The summed E-state index contributed by atoms with van der Waals surface area (Å²) >= 11 is 0. The molecule has 6 heteroatoms. The molecule has 106 valence electrons. The van der Waals surface area contributed by atoms with E-state index in [2.05, 4.69) is 0 Å². The van der Waals surface area contributed by atoms with Gasteiger partial charge in [0.15, 0.2) is 9.84 Å². The van der Waals surface area contributed by atoms with Gasteiger partial charge in [-0.15, -0.1) is 0 Å². The number of hydrogen-bond acceptors (Lipinski definition) is 5. The van der Waals surface area contributed by atoms with Crippen LogP contribution < -0.4 is 10.5 Å². The summed E-state index contributed by atoms with van der Waals surface area (Å²) in [6, 6.07) is 6.44. The number of rotatable bonds is 4. The lowest BCUT2D eigenvalue weighted by Gasteiger charge is -2.21. The molecule has 0 spiro atoms. The van der Waals surface area contributed by atoms with E-state index in [1.807, 2.05) is 0 Å². The van der Waals surface area contributed by atoms with Crippen LogP contribution >= 0.6 is 0 Å². The van der Waals surface area contributed by atoms with Crippen molar-refractivity contribution in [2.45, 2.75) is 35.8 Å². The van der Waals surface area contributed by atoms with Gasteiger partial charge in [-0.25, -0.2) is 8.42 Å². The van der Waals surface area contributed by atoms with Gasteiger partial charge in [0.05, 0.1) is 11.5 Å². The van der Waals surface area contributed by atoms with Crippen LogP contribution in [0.5, 0.6) is 5.75 Å². The van der Waals surface area contributed by atoms with Gasteiger partial charge in [0.1, 0.15) is 11.9 Å². The van der Waals surface area contributed by atoms with E-state index in [1.54, 1.807) is 12.1 Å². The van der Waals surface area contributed by atoms with Crippen molar-refractivity contribution in [1.82, 2.24) is 0 Å². The Kier molecular flexibility index (Phi) is 3.85. The summed E-state index contributed by atoms with van der Waals surface area (Å²) in [6.45, 7) is -0.0593. The first-order valence-electron chi connectivity index (χ1n) is 6.19. The van der Waals surface area contributed by atoms with Crippen LogP contribution in [0.1, 0.15) is 19.3 Å². The lowest BCUT2D eigenvalue weighted by atomic mass is 10.0. The first-order valence-corrected chi connectivity index (χ1v) is 8.08. The molecule has 2 rings (SSSR count). The molecule has 1 aliphatic carbocycles. The number of sulfone groups is 1. The molecule has 19 heavy (non-hydrogen) atoms. The summed E-state index contributed by atoms with van der Waals surface area (Å²) in [5.41, 5.74) is 5.41. The van der Waals surface area contributed by atoms with Crippen LogP contribution in [0.3, 0.4) is 0 Å². The minimum absolute atomic E-state index is 0.0593. The highest BCUT2D eigenvalue weighted by molar-refractivity contribution is 7.90. The standard InChI is InChI=1S/C13H19NO4S/c1-19(16,17)12-4-2-3-10(7-12)18-11-5-6-13(14,8-11)9-15/h2-4,7,11,15H,5-6,8-9,14H2,1H3. The predicted octanol–water partition coefficient (Wildman–Crippen LogP) is 0.711. The molecule has 1 fully saturated rings. The topological polar surface area (TPSA) is 89.6 Å². The molecule has 0 heterocycles. The van der Waals surface area contributed by atoms with Gasteiger partial charge in [0, 0.05) is 18.2 Å². The molecule has 0 saturated heterocycles. The SMILES string of the molecule is CS(=O)(=O)c1cccc(OC2CCC(N)(CO)C2)c1. The monoisotopic (exact) mass is 285 g/mol. The second-order valence-corrected chi connectivity index (χ2v) is 7.27. The quantitative estimate of drug-likeness (QED) is 0.850. The Balaban J connectivity index is 2.09. The van der Waals surface area contributed by atoms with E-state index in [4.69, 9.17) is 10.5 Å². The summed E-state index contributed by atoms with van der Waals surface area (Å²) < 4.78 is 28.7. The third-order valence-corrected chi connectivity index (χ3v) is 4.56. The molecule has 2 unspecified atom stereocenters. The molecule has 3 N–H and O–H groups in total. The van der Waals surface area contributed by atoms with Crippen molar-refractivity contribution in [3.05, 3.63) is 24.3 Å². The highest BCUT2D eigenvalue weighted by Crippen LogP contribution is 2.31. The van der Waals surface area contributed by atoms with Gasteiger partial charge < -0.3 is 15.6 Å². The fourth-order valence-corrected chi connectivity index (χ4v) is 2.98. The molecule has 0 radical (unpaired) electrons. The first kappa shape index (κ1) is 14.3. The zero-order valence-electron chi connectivity index (χ0n) is 10.9. The molecule has 1 aromatic rings. The maximum absolute atomic E-state index is 11.5. The van der Waals surface area contributed by atoms with Gasteiger partial charge in [-0.1, -0.05) is 6.07 Å². The lowest BCUT2D eigenvalue weighted by Crippen LogP contribution is -2.41. The second-order valence-electron chi connectivity index (χ2n) is 5.25. The summed E-state index contributed by atoms with van der Waals surface area (Å²) in [5.74, 6) is 0.523. The van der Waals surface area contributed by atoms with Crippen molar-refractivity contribution in [3.63, 3.8) is 0 Å². The number of aliphatic hydroxyl groups is 1. The molecule has 0 aromatic heterocycles. The Morgan fingerprint density at radius 1 is 1.53 bits per heavy atom. The third-order valence-electron chi connectivity index (χ3n) is 3.45. The van der Waals surface area contributed by atoms with E-state index in [0.717, 1.165) is 6.42 Å². The minimum Gasteiger partial charge on any atom is -0.490 e. The summed E-state index contributed by atoms with van der Waals surface area (Å²) in [6.07, 6.45) is 3.14. The fraction of sp³-hybridized carbons (Fsp3) is 0.538. The Labute approximate surface area is 113 Å². The van der Waals surface area contributed by atoms with E-state index < -0.39 is 15.4 Å². The molecular formula is C13H19NO4S. The molecular weight excluding hydrogens is 266 g/mol. The number of hydrogen-bond donors (Lipinski definition) is 2. The van der Waals surface area contributed by atoms with E-state index >= 15 is 0 Å². The van der Waals surface area contributed by atoms with Gasteiger partial charge in [-0.05, 0) is 31.0 Å². The lowest BCUT2D eigenvalue weighted by molar-refractivity contribution is 0.165. The van der Waals surface area contributed by atoms with Crippen molar-refractivity contribution in [2.75, 3.05) is 12.9 Å². The minimum atomic E-state index is -3.23. The van der Waals surface area contributed by atoms with Gasteiger partial charge in [-0.3, -0.25) is 0 Å². The normalized spacial score (nSPS) is 27.4. The Morgan fingerprint density at radius 2 is 2.26 bits per heavy atom. The Morgan fingerprint density at radius 3 is 2.84 bits per heavy atom. The summed E-state index contributed by atoms with van der Waals surface area (Å²) in [4.78, 5) is 0.240. The first-order chi connectivity index (χ1) is 8.82. The van der Waals surface area contributed by atoms with E-state index in [9.17, 15) is 13.5 Å². The zero-order valence-corrected chi connectivity index (χ0v) is 11.7. The number of ether oxygens (including phenoxy) is 1. The molecule has 1 aliphatic rings. The zero-order chi connectivity index (χ0) is 14.1. The van der Waals surface area contributed by atoms with E-state index in [0.29, 0.717) is 18.6 Å². The highest BCUT2D eigenvalue weighted by atomic mass is 32.2. The average Bonchev–Trinajstić information content (AvgIpc) is 2.71. The van der Waals surface area contributed by atoms with Crippen LogP contribution in [0, 0.1) is 0 Å². The van der Waals surface area contributed by atoms with Gasteiger partial charge in [0.25, 0.3) is 0 Å². The van der Waals surface area contributed by atoms with Crippen LogP contribution in [0.15, 0.2) is 29.2 Å². The van der Waals surface area contributed by atoms with Crippen molar-refractivity contribution in [2.24, 2.45) is 5.73 Å². The molecule has 1 aromatic carbocycles. The smallest absolute Gasteiger partial charge is 0.175 e. The van der Waals surface area contributed by atoms with Gasteiger partial charge in [0.2, 0.25) is 0 Å². The third kappa shape index (κ3) is 3.46. The number of nitrogens with two attached hydrogens (primary N) is 1. The fourth-order valence-electron chi connectivity index (χ4n) is 2.32. The largest absolute Gasteiger partial charge is 0.490 e. The molecule has 2 atom stereocenters. The molecule has 0 bridgehead atoms. The van der Waals surface area contributed by atoms with E-state index in [1.165, 1.54) is 18.4 Å². The number of aliphatic hydroxyl groups excluding tert-OH is 1. The molecule has 0 aliphatic heterocycles. The van der Waals surface area contributed by atoms with Crippen LogP contribution in [-0.2, 0) is 9.84 Å². The van der Waals surface area contributed by atoms with E-state index in [-0.39, 0.29) is 17.6 Å². The molecule has 0 amide bonds. The van der Waals surface area contributed by atoms with Crippen LogP contribution in [0.4, 0.5) is 0 Å². The Hall–Kier alpha value is -1.11. The highest BCUT2D eigenvalue weighted by Gasteiger charge is 2.36. The summed E-state index contributed by atoms with van der Waals surface area (Å²) in [5, 5.41) is 9.20. The maximum Gasteiger partial charge on any atom is 0.175 e. The summed E-state index contributed by atoms with van der Waals surface area (Å²) in [7, 11) is -3.23. The van der Waals surface area contributed by atoms with Crippen LogP contribution in [-0.4, -0.2) is 38.0 Å². The van der Waals surface area contributed by atoms with Crippen molar-refractivity contribution >= 4 is 9.84 Å². The van der Waals surface area contributed by atoms with Gasteiger partial charge >= 0.3 is 0 Å². The van der Waals surface area contributed by atoms with Gasteiger partial charge in [-0.2, -0.15) is 0 Å². The van der Waals surface area contributed by atoms with Crippen molar-refractivity contribution < 1.29 is 18.3 Å². The van der Waals surface area contributed by atoms with Crippen molar-refractivity contribution in [3.8, 4) is 5.75 Å². The second kappa shape index (κ2) is 5.11. The predicted molar refractivity (Wildman–Crippen MR) is 71.8 cm³/mol. The molecule has 5 nitrogen and oxygen atoms in total. The van der Waals surface area contributed by atoms with Crippen LogP contribution in [0.2, 0.25) is 0 Å². The van der Waals surface area contributed by atoms with Crippen molar-refractivity contribution in [1.29, 1.82) is 0 Å².